The van der Waals surface area contributed by atoms with Gasteiger partial charge in [-0.2, -0.15) is 0 Å². The molecule has 2 atom stereocenters. The predicted molar refractivity (Wildman–Crippen MR) is 108 cm³/mol. The number of esters is 1. The topological polar surface area (TPSA) is 58.6 Å². The number of hydrogen-bond donors (Lipinski definition) is 1. The molecule has 0 aromatic rings. The average molecular weight is 381 g/mol. The molecule has 5 heteroatoms. The van der Waals surface area contributed by atoms with Crippen molar-refractivity contribution in [3.63, 3.8) is 0 Å². The van der Waals surface area contributed by atoms with E-state index in [0.29, 0.717) is 18.4 Å². The Labute approximate surface area is 165 Å². The fourth-order valence-corrected chi connectivity index (χ4v) is 4.95. The Morgan fingerprint density at radius 3 is 2.04 bits per heavy atom. The number of methoxy groups -OCH3 is 1. The second-order valence-corrected chi connectivity index (χ2v) is 8.52. The van der Waals surface area contributed by atoms with Crippen LogP contribution in [-0.4, -0.2) is 49.6 Å². The van der Waals surface area contributed by atoms with Gasteiger partial charge in [-0.3, -0.25) is 4.79 Å². The number of likely N-dealkylation sites (N-methyl/N-ethyl adjacent to an activating group) is 1. The molecule has 2 fully saturated rings. The number of nitrogens with one attached hydrogen (secondary N) is 1. The Bertz CT molecular complexity index is 452. The lowest BCUT2D eigenvalue weighted by Crippen LogP contribution is -2.54. The quantitative estimate of drug-likeness (QED) is 0.616. The molecule has 2 saturated carbocycles. The van der Waals surface area contributed by atoms with Crippen molar-refractivity contribution < 1.29 is 14.3 Å². The first kappa shape index (κ1) is 22.2. The van der Waals surface area contributed by atoms with Gasteiger partial charge in [-0.15, -0.1) is 0 Å². The van der Waals surface area contributed by atoms with Gasteiger partial charge in [0.25, 0.3) is 0 Å². The number of amides is 1. The normalized spacial score (nSPS) is 21.4. The van der Waals surface area contributed by atoms with Crippen LogP contribution in [0.25, 0.3) is 0 Å². The molecule has 0 aliphatic heterocycles. The first-order valence-corrected chi connectivity index (χ1v) is 11.2. The third-order valence-corrected chi connectivity index (χ3v) is 6.65. The van der Waals surface area contributed by atoms with Crippen molar-refractivity contribution in [2.24, 2.45) is 11.8 Å². The van der Waals surface area contributed by atoms with Gasteiger partial charge in [0.15, 0.2) is 0 Å². The molecule has 0 spiro atoms. The summed E-state index contributed by atoms with van der Waals surface area (Å²) in [7, 11) is 3.29. The molecule has 2 aliphatic rings. The molecule has 0 saturated heterocycles. The molecule has 5 nitrogen and oxygen atoms in total. The van der Waals surface area contributed by atoms with Crippen LogP contribution < -0.4 is 5.32 Å². The van der Waals surface area contributed by atoms with Gasteiger partial charge in [0.05, 0.1) is 13.2 Å². The molecule has 0 aromatic heterocycles. The molecule has 156 valence electrons. The van der Waals surface area contributed by atoms with Crippen LogP contribution in [0.5, 0.6) is 0 Å². The van der Waals surface area contributed by atoms with Crippen molar-refractivity contribution in [3.8, 4) is 0 Å². The largest absolute Gasteiger partial charge is 0.467 e. The number of nitrogens with zero attached hydrogens (tertiary/aromatic N) is 1. The molecule has 0 radical (unpaired) electrons. The highest BCUT2D eigenvalue weighted by atomic mass is 16.5. The highest BCUT2D eigenvalue weighted by molar-refractivity contribution is 5.87. The number of carbonyl (C=O) groups excluding carboxylic acids is 2. The molecule has 0 aromatic carbocycles. The van der Waals surface area contributed by atoms with E-state index in [0.717, 1.165) is 25.7 Å². The van der Waals surface area contributed by atoms with Crippen molar-refractivity contribution in [1.29, 1.82) is 0 Å². The Morgan fingerprint density at radius 1 is 1.00 bits per heavy atom. The predicted octanol–water partition coefficient (Wildman–Crippen LogP) is 3.91. The van der Waals surface area contributed by atoms with Crippen molar-refractivity contribution in [3.05, 3.63) is 0 Å². The summed E-state index contributed by atoms with van der Waals surface area (Å²) in [6.45, 7) is 2.72. The summed E-state index contributed by atoms with van der Waals surface area (Å²) in [5.41, 5.74) is 0. The maximum atomic E-state index is 13.3. The average Bonchev–Trinajstić information content (AvgIpc) is 2.72. The molecule has 0 bridgehead atoms. The minimum atomic E-state index is -0.435. The standard InChI is InChI=1S/C22H40N2O3/c1-4-19(23-2)21(25)24(16-18-13-9-6-10-14-18)20(22(26)27-3)15-17-11-7-5-8-12-17/h17-20,23H,4-16H2,1-3H3/t19?,20-/m0/s1. The first-order valence-electron chi connectivity index (χ1n) is 11.2. The van der Waals surface area contributed by atoms with Gasteiger partial charge >= 0.3 is 5.97 Å². The summed E-state index contributed by atoms with van der Waals surface area (Å²) in [4.78, 5) is 28.0. The van der Waals surface area contributed by atoms with E-state index in [1.54, 1.807) is 0 Å². The van der Waals surface area contributed by atoms with Crippen molar-refractivity contribution in [1.82, 2.24) is 10.2 Å². The fourth-order valence-electron chi connectivity index (χ4n) is 4.95. The molecular weight excluding hydrogens is 340 g/mol. The zero-order valence-electron chi connectivity index (χ0n) is 17.7. The van der Waals surface area contributed by atoms with Crippen LogP contribution in [0.15, 0.2) is 0 Å². The second-order valence-electron chi connectivity index (χ2n) is 8.52. The Balaban J connectivity index is 2.20. The number of ether oxygens (including phenoxy) is 1. The summed E-state index contributed by atoms with van der Waals surface area (Å²) >= 11 is 0. The number of carbonyl (C=O) groups is 2. The van der Waals surface area contributed by atoms with Crippen LogP contribution in [0.2, 0.25) is 0 Å². The van der Waals surface area contributed by atoms with E-state index in [1.165, 1.54) is 58.5 Å². The highest BCUT2D eigenvalue weighted by Crippen LogP contribution is 2.31. The summed E-state index contributed by atoms with van der Waals surface area (Å²) in [6.07, 6.45) is 13.7. The van der Waals surface area contributed by atoms with E-state index in [-0.39, 0.29) is 17.9 Å². The van der Waals surface area contributed by atoms with Crippen LogP contribution in [0.4, 0.5) is 0 Å². The SMILES string of the molecule is CCC(NC)C(=O)N(CC1CCCCC1)[C@@H](CC1CCCCC1)C(=O)OC. The third kappa shape index (κ3) is 6.48. The zero-order valence-corrected chi connectivity index (χ0v) is 17.7. The third-order valence-electron chi connectivity index (χ3n) is 6.65. The van der Waals surface area contributed by atoms with E-state index in [9.17, 15) is 9.59 Å². The smallest absolute Gasteiger partial charge is 0.328 e. The van der Waals surface area contributed by atoms with Gasteiger partial charge in [0, 0.05) is 6.54 Å². The molecule has 2 rings (SSSR count). The van der Waals surface area contributed by atoms with Crippen molar-refractivity contribution in [2.45, 2.75) is 96.1 Å². The molecule has 1 amide bonds. The van der Waals surface area contributed by atoms with E-state index < -0.39 is 6.04 Å². The number of hydrogen-bond acceptors (Lipinski definition) is 4. The monoisotopic (exact) mass is 380 g/mol. The Hall–Kier alpha value is -1.10. The molecule has 0 heterocycles. The van der Waals surface area contributed by atoms with Gasteiger partial charge in [-0.1, -0.05) is 58.3 Å². The fraction of sp³-hybridized carbons (Fsp3) is 0.909. The van der Waals surface area contributed by atoms with Crippen molar-refractivity contribution >= 4 is 11.9 Å². The molecule has 1 unspecified atom stereocenters. The molecule has 27 heavy (non-hydrogen) atoms. The minimum Gasteiger partial charge on any atom is -0.467 e. The van der Waals surface area contributed by atoms with Crippen LogP contribution in [0, 0.1) is 11.8 Å². The highest BCUT2D eigenvalue weighted by Gasteiger charge is 2.36. The molecule has 2 aliphatic carbocycles. The Kier molecular flexibility index (Phi) is 9.60. The lowest BCUT2D eigenvalue weighted by molar-refractivity contribution is -0.155. The van der Waals surface area contributed by atoms with E-state index in [1.807, 2.05) is 18.9 Å². The van der Waals surface area contributed by atoms with Gasteiger partial charge in [-0.05, 0) is 44.6 Å². The van der Waals surface area contributed by atoms with Gasteiger partial charge in [-0.25, -0.2) is 4.79 Å². The maximum Gasteiger partial charge on any atom is 0.328 e. The number of rotatable bonds is 9. The maximum absolute atomic E-state index is 13.3. The van der Waals surface area contributed by atoms with E-state index in [4.69, 9.17) is 4.74 Å². The van der Waals surface area contributed by atoms with Crippen LogP contribution in [0.1, 0.15) is 84.0 Å². The van der Waals surface area contributed by atoms with Crippen LogP contribution in [0.3, 0.4) is 0 Å². The van der Waals surface area contributed by atoms with Gasteiger partial charge in [0.1, 0.15) is 6.04 Å². The Morgan fingerprint density at radius 2 is 1.56 bits per heavy atom. The van der Waals surface area contributed by atoms with E-state index in [2.05, 4.69) is 5.32 Å². The van der Waals surface area contributed by atoms with Crippen LogP contribution in [-0.2, 0) is 14.3 Å². The summed E-state index contributed by atoms with van der Waals surface area (Å²) < 4.78 is 5.17. The summed E-state index contributed by atoms with van der Waals surface area (Å²) in [6, 6.07) is -0.665. The summed E-state index contributed by atoms with van der Waals surface area (Å²) in [5.74, 6) is 0.863. The first-order chi connectivity index (χ1) is 13.1. The van der Waals surface area contributed by atoms with Gasteiger partial charge < -0.3 is 15.0 Å². The summed E-state index contributed by atoms with van der Waals surface area (Å²) in [5, 5.41) is 3.14. The minimum absolute atomic E-state index is 0.0665. The van der Waals surface area contributed by atoms with Crippen LogP contribution >= 0.6 is 0 Å². The molecule has 1 N–H and O–H groups in total. The van der Waals surface area contributed by atoms with Crippen molar-refractivity contribution in [2.75, 3.05) is 20.7 Å². The van der Waals surface area contributed by atoms with E-state index >= 15 is 0 Å². The second kappa shape index (κ2) is 11.7. The lowest BCUT2D eigenvalue weighted by Gasteiger charge is -2.38. The van der Waals surface area contributed by atoms with Gasteiger partial charge in [0.2, 0.25) is 5.91 Å². The lowest BCUT2D eigenvalue weighted by atomic mass is 9.83. The zero-order chi connectivity index (χ0) is 19.6. The molecular formula is C22H40N2O3.